The molecule has 1 N–H and O–H groups in total. The van der Waals surface area contributed by atoms with Gasteiger partial charge < -0.3 is 20.0 Å². The minimum Gasteiger partial charge on any atom is -0.355 e. The van der Waals surface area contributed by atoms with Crippen molar-refractivity contribution in [3.63, 3.8) is 0 Å². The van der Waals surface area contributed by atoms with E-state index >= 15 is 0 Å². The topological polar surface area (TPSA) is 85.8 Å². The fourth-order valence-corrected chi connectivity index (χ4v) is 6.46. The monoisotopic (exact) mass is 595 g/mol. The van der Waals surface area contributed by atoms with Crippen molar-refractivity contribution in [1.29, 1.82) is 0 Å². The van der Waals surface area contributed by atoms with Gasteiger partial charge in [0.1, 0.15) is 0 Å². The second kappa shape index (κ2) is 15.4. The first-order valence-corrected chi connectivity index (χ1v) is 16.1. The number of amides is 3. The van der Waals surface area contributed by atoms with E-state index < -0.39 is 0 Å². The zero-order valence-electron chi connectivity index (χ0n) is 25.4. The normalized spacial score (nSPS) is 18.0. The van der Waals surface area contributed by atoms with Crippen molar-refractivity contribution >= 4 is 40.8 Å². The highest BCUT2D eigenvalue weighted by molar-refractivity contribution is 6.31. The Morgan fingerprint density at radius 1 is 0.952 bits per heavy atom. The predicted molar refractivity (Wildman–Crippen MR) is 169 cm³/mol. The highest BCUT2D eigenvalue weighted by Gasteiger charge is 2.28. The maximum atomic E-state index is 13.2. The highest BCUT2D eigenvalue weighted by atomic mass is 35.5. The standard InChI is InChI=1S/C33H46ClN5O3/c1-4-9-24-10-8-16-38(17-13-24)30(40)20-25-14-18-39(19-15-25)31-29(36-32(41)26-11-7-12-28(34)21-26)22-27(23-35-31)33(42)37(5-2)6-3/h7,11-12,21-25H,4-6,8-10,13-20H2,1-3H3,(H,36,41). The summed E-state index contributed by atoms with van der Waals surface area (Å²) in [5.41, 5.74) is 1.36. The number of benzene rings is 1. The molecule has 4 rings (SSSR count). The molecule has 2 aliphatic heterocycles. The van der Waals surface area contributed by atoms with Gasteiger partial charge >= 0.3 is 0 Å². The Morgan fingerprint density at radius 3 is 2.38 bits per heavy atom. The van der Waals surface area contributed by atoms with Crippen LogP contribution in [0, 0.1) is 11.8 Å². The number of carbonyl (C=O) groups excluding carboxylic acids is 3. The van der Waals surface area contributed by atoms with Gasteiger partial charge in [0, 0.05) is 62.5 Å². The van der Waals surface area contributed by atoms with Crippen LogP contribution in [0.25, 0.3) is 0 Å². The Labute approximate surface area is 255 Å². The number of halogens is 1. The number of hydrogen-bond acceptors (Lipinski definition) is 5. The van der Waals surface area contributed by atoms with E-state index in [4.69, 9.17) is 16.6 Å². The van der Waals surface area contributed by atoms with Gasteiger partial charge in [0.25, 0.3) is 11.8 Å². The Bertz CT molecular complexity index is 1230. The molecule has 3 amide bonds. The lowest BCUT2D eigenvalue weighted by molar-refractivity contribution is -0.132. The van der Waals surface area contributed by atoms with Crippen LogP contribution < -0.4 is 10.2 Å². The fraction of sp³-hybridized carbons (Fsp3) is 0.576. The number of nitrogens with zero attached hydrogens (tertiary/aromatic N) is 4. The van der Waals surface area contributed by atoms with Crippen LogP contribution in [0.1, 0.15) is 92.9 Å². The average molecular weight is 596 g/mol. The van der Waals surface area contributed by atoms with Gasteiger partial charge in [-0.05, 0) is 82.1 Å². The highest BCUT2D eigenvalue weighted by Crippen LogP contribution is 2.31. The third-order valence-corrected chi connectivity index (χ3v) is 9.01. The number of likely N-dealkylation sites (tertiary alicyclic amines) is 1. The van der Waals surface area contributed by atoms with Crippen molar-refractivity contribution < 1.29 is 14.4 Å². The number of piperidine rings is 1. The number of hydrogen-bond donors (Lipinski definition) is 1. The molecule has 2 aliphatic rings. The number of anilines is 2. The summed E-state index contributed by atoms with van der Waals surface area (Å²) in [5.74, 6) is 1.58. The summed E-state index contributed by atoms with van der Waals surface area (Å²) in [6.07, 6.45) is 9.90. The zero-order chi connectivity index (χ0) is 30.1. The van der Waals surface area contributed by atoms with Gasteiger partial charge in [0.05, 0.1) is 11.3 Å². The van der Waals surface area contributed by atoms with Gasteiger partial charge in [0.15, 0.2) is 5.82 Å². The molecule has 0 bridgehead atoms. The fourth-order valence-electron chi connectivity index (χ4n) is 6.27. The number of nitrogens with one attached hydrogen (secondary N) is 1. The van der Waals surface area contributed by atoms with Crippen LogP contribution in [-0.4, -0.2) is 71.8 Å². The van der Waals surface area contributed by atoms with Gasteiger partial charge in [-0.2, -0.15) is 0 Å². The van der Waals surface area contributed by atoms with E-state index in [2.05, 4.69) is 22.0 Å². The van der Waals surface area contributed by atoms with Crippen molar-refractivity contribution in [1.82, 2.24) is 14.8 Å². The van der Waals surface area contributed by atoms with E-state index in [1.807, 2.05) is 13.8 Å². The Kier molecular flexibility index (Phi) is 11.6. The van der Waals surface area contributed by atoms with Crippen molar-refractivity contribution in [2.75, 3.05) is 49.5 Å². The van der Waals surface area contributed by atoms with Crippen molar-refractivity contribution in [2.45, 2.75) is 72.1 Å². The lowest BCUT2D eigenvalue weighted by Gasteiger charge is -2.34. The van der Waals surface area contributed by atoms with E-state index in [9.17, 15) is 14.4 Å². The molecular weight excluding hydrogens is 550 g/mol. The molecule has 1 aromatic heterocycles. The quantitative estimate of drug-likeness (QED) is 0.339. The van der Waals surface area contributed by atoms with Crippen molar-refractivity contribution in [3.8, 4) is 0 Å². The third kappa shape index (κ3) is 8.24. The minimum absolute atomic E-state index is 0.121. The Morgan fingerprint density at radius 2 is 1.69 bits per heavy atom. The van der Waals surface area contributed by atoms with Crippen LogP contribution in [0.4, 0.5) is 11.5 Å². The molecule has 228 valence electrons. The number of aromatic nitrogens is 1. The lowest BCUT2D eigenvalue weighted by atomic mass is 9.92. The first-order chi connectivity index (χ1) is 20.3. The number of pyridine rings is 1. The molecule has 3 heterocycles. The molecule has 1 unspecified atom stereocenters. The first kappa shape index (κ1) is 31.8. The van der Waals surface area contributed by atoms with Crippen molar-refractivity contribution in [3.05, 3.63) is 52.7 Å². The molecule has 0 radical (unpaired) electrons. The van der Waals surface area contributed by atoms with Crippen LogP contribution in [0.3, 0.4) is 0 Å². The summed E-state index contributed by atoms with van der Waals surface area (Å²) >= 11 is 6.13. The molecule has 9 heteroatoms. The maximum absolute atomic E-state index is 13.2. The van der Waals surface area contributed by atoms with Gasteiger partial charge in [-0.1, -0.05) is 37.4 Å². The van der Waals surface area contributed by atoms with E-state index in [0.717, 1.165) is 57.8 Å². The molecule has 8 nitrogen and oxygen atoms in total. The molecule has 2 saturated heterocycles. The SMILES string of the molecule is CCCC1CCCN(C(=O)CC2CCN(c3ncc(C(=O)N(CC)CC)cc3NC(=O)c3cccc(Cl)c3)CC2)CC1. The first-order valence-electron chi connectivity index (χ1n) is 15.7. The number of rotatable bonds is 10. The molecule has 0 spiro atoms. The molecule has 1 aromatic carbocycles. The van der Waals surface area contributed by atoms with Crippen LogP contribution in [-0.2, 0) is 4.79 Å². The molecular formula is C33H46ClN5O3. The second-order valence-corrected chi connectivity index (χ2v) is 12.1. The zero-order valence-corrected chi connectivity index (χ0v) is 26.2. The largest absolute Gasteiger partial charge is 0.355 e. The summed E-state index contributed by atoms with van der Waals surface area (Å²) in [5, 5.41) is 3.47. The molecule has 0 aliphatic carbocycles. The third-order valence-electron chi connectivity index (χ3n) is 8.77. The van der Waals surface area contributed by atoms with Crippen LogP contribution in [0.2, 0.25) is 5.02 Å². The number of carbonyl (C=O) groups is 3. The summed E-state index contributed by atoms with van der Waals surface area (Å²) < 4.78 is 0. The summed E-state index contributed by atoms with van der Waals surface area (Å²) in [6, 6.07) is 8.51. The smallest absolute Gasteiger partial charge is 0.255 e. The van der Waals surface area contributed by atoms with E-state index in [0.29, 0.717) is 53.1 Å². The molecule has 2 fully saturated rings. The Balaban J connectivity index is 1.44. The molecule has 42 heavy (non-hydrogen) atoms. The molecule has 0 saturated carbocycles. The molecule has 2 aromatic rings. The van der Waals surface area contributed by atoms with Gasteiger partial charge in [0.2, 0.25) is 5.91 Å². The second-order valence-electron chi connectivity index (χ2n) is 11.6. The van der Waals surface area contributed by atoms with Gasteiger partial charge in [-0.25, -0.2) is 4.98 Å². The lowest BCUT2D eigenvalue weighted by Crippen LogP contribution is -2.38. The van der Waals surface area contributed by atoms with Crippen LogP contribution in [0.5, 0.6) is 0 Å². The van der Waals surface area contributed by atoms with Crippen LogP contribution >= 0.6 is 11.6 Å². The Hall–Kier alpha value is -3.13. The summed E-state index contributed by atoms with van der Waals surface area (Å²) in [6.45, 7) is 10.5. The van der Waals surface area contributed by atoms with Gasteiger partial charge in [-0.15, -0.1) is 0 Å². The maximum Gasteiger partial charge on any atom is 0.255 e. The minimum atomic E-state index is -0.313. The average Bonchev–Trinajstić information content (AvgIpc) is 3.24. The van der Waals surface area contributed by atoms with Crippen LogP contribution in [0.15, 0.2) is 36.5 Å². The van der Waals surface area contributed by atoms with Crippen molar-refractivity contribution in [2.24, 2.45) is 11.8 Å². The predicted octanol–water partition coefficient (Wildman–Crippen LogP) is 6.50. The van der Waals surface area contributed by atoms with E-state index in [-0.39, 0.29) is 17.7 Å². The van der Waals surface area contributed by atoms with E-state index in [1.165, 1.54) is 19.3 Å². The van der Waals surface area contributed by atoms with E-state index in [1.54, 1.807) is 41.4 Å². The molecule has 1 atom stereocenters. The summed E-state index contributed by atoms with van der Waals surface area (Å²) in [7, 11) is 0. The van der Waals surface area contributed by atoms with Gasteiger partial charge in [-0.3, -0.25) is 14.4 Å². The summed E-state index contributed by atoms with van der Waals surface area (Å²) in [4.78, 5) is 50.1.